The number of carbonyl (C=O) groups is 1. The van der Waals surface area contributed by atoms with Gasteiger partial charge < -0.3 is 10.2 Å². The minimum absolute atomic E-state index is 0.00777. The summed E-state index contributed by atoms with van der Waals surface area (Å²) in [5.41, 5.74) is 0.619. The number of nitrogens with zero attached hydrogens (tertiary/aromatic N) is 3. The maximum atomic E-state index is 12.4. The van der Waals surface area contributed by atoms with E-state index in [1.54, 1.807) is 0 Å². The van der Waals surface area contributed by atoms with Gasteiger partial charge in [-0.15, -0.1) is 0 Å². The third kappa shape index (κ3) is 4.07. The van der Waals surface area contributed by atoms with Gasteiger partial charge in [-0.1, -0.05) is 37.5 Å². The number of rotatable bonds is 4. The molecule has 1 amide bonds. The van der Waals surface area contributed by atoms with E-state index in [1.165, 1.54) is 12.1 Å². The molecule has 2 aliphatic rings. The third-order valence-electron chi connectivity index (χ3n) is 5.16. The van der Waals surface area contributed by atoms with Crippen LogP contribution in [0.15, 0.2) is 30.3 Å². The summed E-state index contributed by atoms with van der Waals surface area (Å²) in [5, 5.41) is 12.5. The van der Waals surface area contributed by atoms with E-state index in [2.05, 4.69) is 45.5 Å². The fraction of sp³-hybridized carbons (Fsp3) is 0.579. The number of piperazine rings is 1. The Balaban J connectivity index is 1.47. The van der Waals surface area contributed by atoms with E-state index in [4.69, 9.17) is 0 Å². The fourth-order valence-corrected chi connectivity index (χ4v) is 3.73. The van der Waals surface area contributed by atoms with Crippen LogP contribution in [-0.2, 0) is 4.79 Å². The highest BCUT2D eigenvalue weighted by Crippen LogP contribution is 2.27. The number of hydrogen-bond donors (Lipinski definition) is 1. The normalized spacial score (nSPS) is 21.0. The Morgan fingerprint density at radius 3 is 2.38 bits per heavy atom. The van der Waals surface area contributed by atoms with Crippen LogP contribution in [0.5, 0.6) is 0 Å². The van der Waals surface area contributed by atoms with E-state index in [9.17, 15) is 10.1 Å². The molecule has 5 heteroatoms. The zero-order valence-electron chi connectivity index (χ0n) is 14.2. The van der Waals surface area contributed by atoms with Crippen molar-refractivity contribution in [2.45, 2.75) is 37.6 Å². The molecule has 1 saturated carbocycles. The highest BCUT2D eigenvalue weighted by molar-refractivity contribution is 5.79. The minimum Gasteiger partial charge on any atom is -0.369 e. The number of carbonyl (C=O) groups excluding carboxylic acids is 1. The first-order chi connectivity index (χ1) is 11.7. The first kappa shape index (κ1) is 16.8. The molecule has 1 saturated heterocycles. The second kappa shape index (κ2) is 7.67. The zero-order valence-corrected chi connectivity index (χ0v) is 14.2. The second-order valence-corrected chi connectivity index (χ2v) is 6.90. The Morgan fingerprint density at radius 2 is 1.75 bits per heavy atom. The molecule has 5 nitrogen and oxygen atoms in total. The average molecular weight is 326 g/mol. The van der Waals surface area contributed by atoms with E-state index in [0.29, 0.717) is 6.54 Å². The van der Waals surface area contributed by atoms with Crippen LogP contribution in [0.25, 0.3) is 0 Å². The molecule has 0 bridgehead atoms. The van der Waals surface area contributed by atoms with Crippen LogP contribution in [-0.4, -0.2) is 49.1 Å². The minimum atomic E-state index is -0.624. The summed E-state index contributed by atoms with van der Waals surface area (Å²) in [4.78, 5) is 16.9. The molecular weight excluding hydrogens is 300 g/mol. The van der Waals surface area contributed by atoms with Gasteiger partial charge in [-0.05, 0) is 25.0 Å². The third-order valence-corrected chi connectivity index (χ3v) is 5.16. The van der Waals surface area contributed by atoms with Gasteiger partial charge in [-0.25, -0.2) is 0 Å². The summed E-state index contributed by atoms with van der Waals surface area (Å²) in [6, 6.07) is 12.8. The number of para-hydroxylation sites is 1. The highest BCUT2D eigenvalue weighted by atomic mass is 16.2. The average Bonchev–Trinajstić information content (AvgIpc) is 2.64. The molecular formula is C19H26N4O. The largest absolute Gasteiger partial charge is 0.369 e. The fourth-order valence-electron chi connectivity index (χ4n) is 3.73. The van der Waals surface area contributed by atoms with Gasteiger partial charge >= 0.3 is 0 Å². The Morgan fingerprint density at radius 1 is 1.08 bits per heavy atom. The van der Waals surface area contributed by atoms with E-state index < -0.39 is 5.54 Å². The number of anilines is 1. The summed E-state index contributed by atoms with van der Waals surface area (Å²) in [5.74, 6) is -0.00777. The molecule has 1 aliphatic carbocycles. The Bertz CT molecular complexity index is 581. The smallest absolute Gasteiger partial charge is 0.235 e. The molecule has 1 N–H and O–H groups in total. The standard InChI is InChI=1S/C19H26N4O/c20-16-19(9-5-2-6-10-19)21-18(24)15-22-11-13-23(14-12-22)17-7-3-1-4-8-17/h1,3-4,7-8H,2,5-6,9-15H2,(H,21,24). The van der Waals surface area contributed by atoms with E-state index >= 15 is 0 Å². The van der Waals surface area contributed by atoms with Gasteiger partial charge in [0.1, 0.15) is 5.54 Å². The molecule has 1 aromatic carbocycles. The number of nitrogens with one attached hydrogen (secondary N) is 1. The number of benzene rings is 1. The van der Waals surface area contributed by atoms with Crippen LogP contribution in [0.4, 0.5) is 5.69 Å². The molecule has 0 atom stereocenters. The lowest BCUT2D eigenvalue weighted by Crippen LogP contribution is -2.54. The molecule has 2 fully saturated rings. The lowest BCUT2D eigenvalue weighted by molar-refractivity contribution is -0.124. The van der Waals surface area contributed by atoms with Gasteiger partial charge in [0.2, 0.25) is 5.91 Å². The molecule has 0 radical (unpaired) electrons. The van der Waals surface area contributed by atoms with Gasteiger partial charge in [-0.3, -0.25) is 9.69 Å². The van der Waals surface area contributed by atoms with Crippen LogP contribution in [0.3, 0.4) is 0 Å². The lowest BCUT2D eigenvalue weighted by atomic mass is 9.83. The quantitative estimate of drug-likeness (QED) is 0.921. The first-order valence-corrected chi connectivity index (χ1v) is 8.95. The van der Waals surface area contributed by atoms with Gasteiger partial charge in [-0.2, -0.15) is 5.26 Å². The molecule has 0 spiro atoms. The Labute approximate surface area is 144 Å². The lowest BCUT2D eigenvalue weighted by Gasteiger charge is -2.37. The molecule has 128 valence electrons. The number of amides is 1. The summed E-state index contributed by atoms with van der Waals surface area (Å²) in [6.07, 6.45) is 4.81. The Hall–Kier alpha value is -2.06. The molecule has 3 rings (SSSR count). The van der Waals surface area contributed by atoms with Crippen molar-refractivity contribution in [3.05, 3.63) is 30.3 Å². The predicted octanol–water partition coefficient (Wildman–Crippen LogP) is 2.15. The van der Waals surface area contributed by atoms with Gasteiger partial charge in [0.05, 0.1) is 12.6 Å². The van der Waals surface area contributed by atoms with Gasteiger partial charge in [0.15, 0.2) is 0 Å². The van der Waals surface area contributed by atoms with Crippen molar-refractivity contribution in [2.75, 3.05) is 37.6 Å². The summed E-state index contributed by atoms with van der Waals surface area (Å²) >= 11 is 0. The highest BCUT2D eigenvalue weighted by Gasteiger charge is 2.34. The van der Waals surface area contributed by atoms with Crippen molar-refractivity contribution < 1.29 is 4.79 Å². The van der Waals surface area contributed by atoms with E-state index in [-0.39, 0.29) is 5.91 Å². The number of hydrogen-bond acceptors (Lipinski definition) is 4. The van der Waals surface area contributed by atoms with Crippen molar-refractivity contribution in [3.63, 3.8) is 0 Å². The summed E-state index contributed by atoms with van der Waals surface area (Å²) in [7, 11) is 0. The van der Waals surface area contributed by atoms with Crippen LogP contribution >= 0.6 is 0 Å². The molecule has 24 heavy (non-hydrogen) atoms. The Kier molecular flexibility index (Phi) is 5.37. The van der Waals surface area contributed by atoms with Crippen LogP contribution < -0.4 is 10.2 Å². The topological polar surface area (TPSA) is 59.4 Å². The van der Waals surface area contributed by atoms with Crippen LogP contribution in [0, 0.1) is 11.3 Å². The van der Waals surface area contributed by atoms with Crippen molar-refractivity contribution in [1.29, 1.82) is 5.26 Å². The SMILES string of the molecule is N#CC1(NC(=O)CN2CCN(c3ccccc3)CC2)CCCCC1. The molecule has 1 aliphatic heterocycles. The van der Waals surface area contributed by atoms with Crippen molar-refractivity contribution in [3.8, 4) is 6.07 Å². The monoisotopic (exact) mass is 326 g/mol. The van der Waals surface area contributed by atoms with Crippen molar-refractivity contribution in [1.82, 2.24) is 10.2 Å². The molecule has 1 aromatic rings. The molecule has 1 heterocycles. The maximum absolute atomic E-state index is 12.4. The van der Waals surface area contributed by atoms with E-state index in [0.717, 1.165) is 51.9 Å². The second-order valence-electron chi connectivity index (χ2n) is 6.90. The van der Waals surface area contributed by atoms with Crippen molar-refractivity contribution >= 4 is 11.6 Å². The van der Waals surface area contributed by atoms with Gasteiger partial charge in [0.25, 0.3) is 0 Å². The van der Waals surface area contributed by atoms with E-state index in [1.807, 2.05) is 6.07 Å². The predicted molar refractivity (Wildman–Crippen MR) is 94.7 cm³/mol. The summed E-state index contributed by atoms with van der Waals surface area (Å²) in [6.45, 7) is 4.01. The summed E-state index contributed by atoms with van der Waals surface area (Å²) < 4.78 is 0. The zero-order chi connectivity index (χ0) is 16.8. The van der Waals surface area contributed by atoms with Gasteiger partial charge in [0, 0.05) is 31.9 Å². The van der Waals surface area contributed by atoms with Crippen LogP contribution in [0.1, 0.15) is 32.1 Å². The van der Waals surface area contributed by atoms with Crippen molar-refractivity contribution in [2.24, 2.45) is 0 Å². The molecule has 0 unspecified atom stereocenters. The van der Waals surface area contributed by atoms with Crippen LogP contribution in [0.2, 0.25) is 0 Å². The molecule has 0 aromatic heterocycles. The maximum Gasteiger partial charge on any atom is 0.235 e. The number of nitriles is 1. The first-order valence-electron chi connectivity index (χ1n) is 8.95.